The first-order valence-electron chi connectivity index (χ1n) is 10.8. The van der Waals surface area contributed by atoms with E-state index in [1.807, 2.05) is 0 Å². The van der Waals surface area contributed by atoms with Gasteiger partial charge in [0.25, 0.3) is 0 Å². The van der Waals surface area contributed by atoms with E-state index < -0.39 is 0 Å². The van der Waals surface area contributed by atoms with Crippen LogP contribution in [0.2, 0.25) is 0 Å². The fourth-order valence-corrected chi connectivity index (χ4v) is 5.84. The minimum Gasteiger partial charge on any atom is -0.486 e. The molecular weight excluding hydrogens is 352 g/mol. The van der Waals surface area contributed by atoms with Gasteiger partial charge in [-0.2, -0.15) is 0 Å². The van der Waals surface area contributed by atoms with Crippen molar-refractivity contribution >= 4 is 21.5 Å². The third-order valence-corrected chi connectivity index (χ3v) is 7.72. The second-order valence-corrected chi connectivity index (χ2v) is 9.28. The third kappa shape index (κ3) is 2.28. The molecule has 1 heterocycles. The highest BCUT2D eigenvalue weighted by Gasteiger charge is 2.55. The maximum Gasteiger partial charge on any atom is 0.124 e. The van der Waals surface area contributed by atoms with Gasteiger partial charge in [0.1, 0.15) is 11.4 Å². The van der Waals surface area contributed by atoms with Gasteiger partial charge >= 0.3 is 0 Å². The van der Waals surface area contributed by atoms with Gasteiger partial charge in [-0.1, -0.05) is 67.9 Å². The maximum absolute atomic E-state index is 6.57. The summed E-state index contributed by atoms with van der Waals surface area (Å²) in [6.07, 6.45) is 4.90. The maximum atomic E-state index is 6.57. The number of hydrogen-bond acceptors (Lipinski definition) is 1. The summed E-state index contributed by atoms with van der Waals surface area (Å²) >= 11 is 0. The van der Waals surface area contributed by atoms with Crippen molar-refractivity contribution in [2.24, 2.45) is 0 Å². The molecule has 2 aliphatic rings. The first kappa shape index (κ1) is 17.1. The average Bonchev–Trinajstić information content (AvgIpc) is 2.98. The van der Waals surface area contributed by atoms with Crippen molar-refractivity contribution in [2.45, 2.75) is 50.5 Å². The van der Waals surface area contributed by atoms with Crippen LogP contribution < -0.4 is 4.74 Å². The monoisotopic (exact) mass is 378 g/mol. The molecule has 144 valence electrons. The van der Waals surface area contributed by atoms with Crippen molar-refractivity contribution < 1.29 is 4.74 Å². The summed E-state index contributed by atoms with van der Waals surface area (Å²) < 4.78 is 6.57. The normalized spacial score (nSPS) is 25.6. The zero-order valence-corrected chi connectivity index (χ0v) is 17.2. The van der Waals surface area contributed by atoms with Gasteiger partial charge < -0.3 is 4.74 Å². The molecule has 4 aromatic rings. The van der Waals surface area contributed by atoms with Crippen LogP contribution >= 0.6 is 0 Å². The lowest BCUT2D eigenvalue weighted by atomic mass is 9.63. The lowest BCUT2D eigenvalue weighted by Gasteiger charge is -2.43. The summed E-state index contributed by atoms with van der Waals surface area (Å²) in [4.78, 5) is 0. The number of ether oxygens (including phenoxy) is 1. The van der Waals surface area contributed by atoms with Crippen LogP contribution in [-0.4, -0.2) is 5.60 Å². The van der Waals surface area contributed by atoms with E-state index in [-0.39, 0.29) is 11.0 Å². The Bertz CT molecular complexity index is 1220. The molecule has 1 heteroatoms. The van der Waals surface area contributed by atoms with Crippen LogP contribution in [-0.2, 0) is 5.41 Å². The van der Waals surface area contributed by atoms with Crippen LogP contribution in [0.5, 0.6) is 5.75 Å². The van der Waals surface area contributed by atoms with E-state index in [2.05, 4.69) is 86.6 Å². The lowest BCUT2D eigenvalue weighted by Crippen LogP contribution is -2.49. The highest BCUT2D eigenvalue weighted by atomic mass is 16.5. The number of benzene rings is 4. The molecular formula is C28H26O. The third-order valence-electron chi connectivity index (χ3n) is 7.72. The second-order valence-electron chi connectivity index (χ2n) is 9.28. The molecule has 0 amide bonds. The minimum absolute atomic E-state index is 0.0764. The highest BCUT2D eigenvalue weighted by Crippen LogP contribution is 2.57. The molecule has 0 bridgehead atoms. The van der Waals surface area contributed by atoms with Crippen molar-refractivity contribution in [3.63, 3.8) is 0 Å². The number of rotatable bonds is 1. The van der Waals surface area contributed by atoms with E-state index in [4.69, 9.17) is 4.74 Å². The van der Waals surface area contributed by atoms with Gasteiger partial charge in [0.15, 0.2) is 0 Å². The molecule has 1 saturated carbocycles. The largest absolute Gasteiger partial charge is 0.486 e. The van der Waals surface area contributed by atoms with Gasteiger partial charge in [0.2, 0.25) is 0 Å². The van der Waals surface area contributed by atoms with Crippen LogP contribution in [0.4, 0.5) is 0 Å². The van der Waals surface area contributed by atoms with Crippen LogP contribution in [0.3, 0.4) is 0 Å². The summed E-state index contributed by atoms with van der Waals surface area (Å²) in [6, 6.07) is 26.7. The van der Waals surface area contributed by atoms with E-state index in [1.54, 1.807) is 0 Å². The van der Waals surface area contributed by atoms with E-state index in [0.29, 0.717) is 0 Å². The standard InChI is InChI=1S/C28H26O/c1-27-15-7-8-16-28(27,2)29-25-14-13-21(18-24(25)27)26-22-11-5-3-9-19(22)17-20-10-4-6-12-23(20)26/h3-6,9-14,17-18H,7-8,15-16H2,1-2H3. The van der Waals surface area contributed by atoms with Gasteiger partial charge in [0, 0.05) is 11.0 Å². The van der Waals surface area contributed by atoms with Crippen LogP contribution in [0.1, 0.15) is 45.1 Å². The molecule has 4 aromatic carbocycles. The number of hydrogen-bond donors (Lipinski definition) is 0. The smallest absolute Gasteiger partial charge is 0.124 e. The zero-order valence-electron chi connectivity index (χ0n) is 17.2. The molecule has 0 N–H and O–H groups in total. The minimum atomic E-state index is -0.0764. The van der Waals surface area contributed by atoms with Crippen molar-refractivity contribution in [1.29, 1.82) is 0 Å². The van der Waals surface area contributed by atoms with Crippen molar-refractivity contribution in [3.8, 4) is 16.9 Å². The Morgan fingerprint density at radius 1 is 0.724 bits per heavy atom. The van der Waals surface area contributed by atoms with Crippen molar-refractivity contribution in [2.75, 3.05) is 0 Å². The Kier molecular flexibility index (Phi) is 3.45. The average molecular weight is 379 g/mol. The molecule has 0 aromatic heterocycles. The predicted octanol–water partition coefficient (Wildman–Crippen LogP) is 7.64. The summed E-state index contributed by atoms with van der Waals surface area (Å²) in [6.45, 7) is 4.74. The van der Waals surface area contributed by atoms with Gasteiger partial charge in [-0.3, -0.25) is 0 Å². The first-order valence-corrected chi connectivity index (χ1v) is 10.8. The van der Waals surface area contributed by atoms with Gasteiger partial charge in [0.05, 0.1) is 0 Å². The summed E-state index contributed by atoms with van der Waals surface area (Å²) in [5.41, 5.74) is 4.06. The van der Waals surface area contributed by atoms with Gasteiger partial charge in [-0.05, 0) is 77.1 Å². The van der Waals surface area contributed by atoms with Crippen molar-refractivity contribution in [3.05, 3.63) is 78.4 Å². The second kappa shape index (κ2) is 5.86. The topological polar surface area (TPSA) is 9.23 Å². The fraction of sp³-hybridized carbons (Fsp3) is 0.286. The Morgan fingerprint density at radius 3 is 2.10 bits per heavy atom. The molecule has 2 unspecified atom stereocenters. The zero-order chi connectivity index (χ0) is 19.6. The molecule has 2 atom stereocenters. The van der Waals surface area contributed by atoms with E-state index in [1.165, 1.54) is 57.5 Å². The Labute approximate surface area is 172 Å². The van der Waals surface area contributed by atoms with Crippen LogP contribution in [0.25, 0.3) is 32.7 Å². The molecule has 1 fully saturated rings. The van der Waals surface area contributed by atoms with Gasteiger partial charge in [-0.15, -0.1) is 0 Å². The van der Waals surface area contributed by atoms with E-state index in [9.17, 15) is 0 Å². The molecule has 6 rings (SSSR count). The Balaban J connectivity index is 1.64. The Morgan fingerprint density at radius 2 is 1.38 bits per heavy atom. The molecule has 29 heavy (non-hydrogen) atoms. The molecule has 0 radical (unpaired) electrons. The summed E-state index contributed by atoms with van der Waals surface area (Å²) in [5, 5.41) is 5.24. The van der Waals surface area contributed by atoms with Crippen LogP contribution in [0, 0.1) is 0 Å². The Hall–Kier alpha value is -2.80. The van der Waals surface area contributed by atoms with Crippen molar-refractivity contribution in [1.82, 2.24) is 0 Å². The highest BCUT2D eigenvalue weighted by molar-refractivity contribution is 6.12. The van der Waals surface area contributed by atoms with Gasteiger partial charge in [-0.25, -0.2) is 0 Å². The molecule has 0 saturated heterocycles. The SMILES string of the molecule is CC12CCCCC1(C)c1cc(-c3c4ccccc4cc4ccccc34)ccc1O2. The van der Waals surface area contributed by atoms with E-state index >= 15 is 0 Å². The molecule has 1 aliphatic carbocycles. The fourth-order valence-electron chi connectivity index (χ4n) is 5.84. The van der Waals surface area contributed by atoms with E-state index in [0.717, 1.165) is 12.2 Å². The molecule has 1 nitrogen and oxygen atoms in total. The quantitative estimate of drug-likeness (QED) is 0.309. The molecule has 1 aliphatic heterocycles. The molecule has 0 spiro atoms. The number of fused-ring (bicyclic) bond motifs is 5. The lowest BCUT2D eigenvalue weighted by molar-refractivity contribution is 0.00740. The predicted molar refractivity (Wildman–Crippen MR) is 122 cm³/mol. The summed E-state index contributed by atoms with van der Waals surface area (Å²) in [7, 11) is 0. The summed E-state index contributed by atoms with van der Waals surface area (Å²) in [5.74, 6) is 1.09. The first-order chi connectivity index (χ1) is 14.1. The van der Waals surface area contributed by atoms with Crippen LogP contribution in [0.15, 0.2) is 72.8 Å².